The van der Waals surface area contributed by atoms with Crippen molar-refractivity contribution in [3.8, 4) is 11.5 Å². The zero-order chi connectivity index (χ0) is 21.3. The molecule has 0 spiro atoms. The first-order valence-corrected chi connectivity index (χ1v) is 11.0. The lowest BCUT2D eigenvalue weighted by molar-refractivity contribution is 0.124. The number of likely N-dealkylation sites (N-methyl/N-ethyl adjacent to an activating group) is 1. The molecule has 1 fully saturated rings. The number of ether oxygens (including phenoxy) is 2. The molecule has 0 radical (unpaired) electrons. The topological polar surface area (TPSA) is 45.2 Å². The molecular formula is C25H36N2O3. The Morgan fingerprint density at radius 2 is 1.83 bits per heavy atom. The van der Waals surface area contributed by atoms with Gasteiger partial charge in [0.25, 0.3) is 0 Å². The van der Waals surface area contributed by atoms with Crippen molar-refractivity contribution in [2.75, 3.05) is 46.9 Å². The lowest BCUT2D eigenvalue weighted by Gasteiger charge is -2.30. The van der Waals surface area contributed by atoms with Crippen LogP contribution in [0.15, 0.2) is 48.5 Å². The molecule has 1 N–H and O–H groups in total. The molecule has 0 aliphatic carbocycles. The van der Waals surface area contributed by atoms with Crippen molar-refractivity contribution in [2.45, 2.75) is 32.4 Å². The zero-order valence-electron chi connectivity index (χ0n) is 18.6. The third kappa shape index (κ3) is 6.73. The van der Waals surface area contributed by atoms with E-state index in [1.54, 1.807) is 7.11 Å². The first-order valence-electron chi connectivity index (χ1n) is 11.0. The Balaban J connectivity index is 1.49. The van der Waals surface area contributed by atoms with Crippen molar-refractivity contribution >= 4 is 0 Å². The van der Waals surface area contributed by atoms with Gasteiger partial charge in [-0.05, 0) is 62.2 Å². The van der Waals surface area contributed by atoms with E-state index in [2.05, 4.69) is 22.8 Å². The number of piperidine rings is 1. The first kappa shape index (κ1) is 22.6. The highest BCUT2D eigenvalue weighted by molar-refractivity contribution is 5.43. The third-order valence-electron chi connectivity index (χ3n) is 5.89. The van der Waals surface area contributed by atoms with Gasteiger partial charge in [0.05, 0.1) is 13.2 Å². The van der Waals surface area contributed by atoms with Crippen molar-refractivity contribution in [3.63, 3.8) is 0 Å². The lowest BCUT2D eigenvalue weighted by atomic mass is 9.99. The minimum absolute atomic E-state index is 0.501. The van der Waals surface area contributed by atoms with E-state index in [4.69, 9.17) is 9.47 Å². The number of hydrogen-bond acceptors (Lipinski definition) is 5. The summed E-state index contributed by atoms with van der Waals surface area (Å²) in [5.41, 5.74) is 2.07. The van der Waals surface area contributed by atoms with Crippen LogP contribution in [0.2, 0.25) is 0 Å². The summed E-state index contributed by atoms with van der Waals surface area (Å²) < 4.78 is 11.6. The fourth-order valence-electron chi connectivity index (χ4n) is 3.95. The number of nitrogens with zero attached hydrogens (tertiary/aromatic N) is 2. The Morgan fingerprint density at radius 3 is 2.53 bits per heavy atom. The summed E-state index contributed by atoms with van der Waals surface area (Å²) in [7, 11) is 3.70. The normalized spacial score (nSPS) is 16.6. The zero-order valence-corrected chi connectivity index (χ0v) is 18.6. The van der Waals surface area contributed by atoms with Gasteiger partial charge < -0.3 is 14.6 Å². The van der Waals surface area contributed by atoms with Crippen molar-refractivity contribution < 1.29 is 14.6 Å². The Morgan fingerprint density at radius 1 is 1.10 bits per heavy atom. The van der Waals surface area contributed by atoms with E-state index in [0.29, 0.717) is 13.2 Å². The molecule has 2 aromatic carbocycles. The molecule has 1 atom stereocenters. The van der Waals surface area contributed by atoms with Crippen LogP contribution in [0.1, 0.15) is 37.0 Å². The van der Waals surface area contributed by atoms with Gasteiger partial charge >= 0.3 is 0 Å². The van der Waals surface area contributed by atoms with Crippen LogP contribution < -0.4 is 9.47 Å². The summed E-state index contributed by atoms with van der Waals surface area (Å²) in [5, 5.41) is 10.4. The predicted molar refractivity (Wildman–Crippen MR) is 121 cm³/mol. The molecule has 0 bridgehead atoms. The van der Waals surface area contributed by atoms with E-state index < -0.39 is 6.10 Å². The first-order chi connectivity index (χ1) is 14.5. The molecule has 0 aromatic heterocycles. The van der Waals surface area contributed by atoms with Crippen molar-refractivity contribution in [1.29, 1.82) is 0 Å². The van der Waals surface area contributed by atoms with Gasteiger partial charge in [-0.1, -0.05) is 43.3 Å². The van der Waals surface area contributed by atoms with E-state index in [1.807, 2.05) is 49.5 Å². The van der Waals surface area contributed by atoms with Crippen molar-refractivity contribution in [3.05, 3.63) is 59.7 Å². The number of methoxy groups -OCH3 is 1. The molecule has 0 amide bonds. The fraction of sp³-hybridized carbons (Fsp3) is 0.520. The fourth-order valence-corrected chi connectivity index (χ4v) is 3.95. The molecule has 1 heterocycles. The van der Waals surface area contributed by atoms with Gasteiger partial charge in [0.15, 0.2) is 11.5 Å². The Bertz CT molecular complexity index is 760. The van der Waals surface area contributed by atoms with Gasteiger partial charge in [-0.2, -0.15) is 0 Å². The maximum Gasteiger partial charge on any atom is 0.161 e. The molecule has 1 saturated heterocycles. The number of likely N-dealkylation sites (tertiary alicyclic amines) is 1. The molecule has 3 rings (SSSR count). The molecule has 164 valence electrons. The van der Waals surface area contributed by atoms with Gasteiger partial charge in [0.2, 0.25) is 0 Å². The van der Waals surface area contributed by atoms with Crippen LogP contribution in [0.3, 0.4) is 0 Å². The smallest absolute Gasteiger partial charge is 0.161 e. The summed E-state index contributed by atoms with van der Waals surface area (Å²) >= 11 is 0. The van der Waals surface area contributed by atoms with E-state index in [-0.39, 0.29) is 0 Å². The van der Waals surface area contributed by atoms with E-state index in [1.165, 1.54) is 25.9 Å². The van der Waals surface area contributed by atoms with Crippen LogP contribution in [-0.4, -0.2) is 61.8 Å². The van der Waals surface area contributed by atoms with E-state index >= 15 is 0 Å². The monoisotopic (exact) mass is 412 g/mol. The number of rotatable bonds is 10. The largest absolute Gasteiger partial charge is 0.493 e. The number of aliphatic hydroxyl groups is 1. The van der Waals surface area contributed by atoms with Crippen LogP contribution in [0.4, 0.5) is 0 Å². The second-order valence-corrected chi connectivity index (χ2v) is 8.48. The Hall–Kier alpha value is -2.08. The Kier molecular flexibility index (Phi) is 8.55. The quantitative estimate of drug-likeness (QED) is 0.640. The van der Waals surface area contributed by atoms with E-state index in [0.717, 1.165) is 41.6 Å². The van der Waals surface area contributed by atoms with Gasteiger partial charge in [-0.25, -0.2) is 0 Å². The molecule has 1 aliphatic rings. The van der Waals surface area contributed by atoms with Crippen molar-refractivity contribution in [1.82, 2.24) is 9.80 Å². The molecule has 5 nitrogen and oxygen atoms in total. The standard InChI is InChI=1S/C25H36N2O3/c1-20-11-13-27(14-12-20)15-16-30-24-10-9-21(17-25(24)29-3)18-26(2)19-23(28)22-7-5-4-6-8-22/h4-10,17,20,23,28H,11-16,18-19H2,1-3H3/t23-/m1/s1. The second kappa shape index (κ2) is 11.3. The average Bonchev–Trinajstić information content (AvgIpc) is 2.76. The molecular weight excluding hydrogens is 376 g/mol. The molecule has 5 heteroatoms. The second-order valence-electron chi connectivity index (χ2n) is 8.48. The summed E-state index contributed by atoms with van der Waals surface area (Å²) in [4.78, 5) is 4.60. The van der Waals surface area contributed by atoms with Crippen LogP contribution in [0.5, 0.6) is 11.5 Å². The molecule has 0 unspecified atom stereocenters. The predicted octanol–water partition coefficient (Wildman–Crippen LogP) is 3.97. The average molecular weight is 413 g/mol. The molecule has 2 aromatic rings. The third-order valence-corrected chi connectivity index (χ3v) is 5.89. The highest BCUT2D eigenvalue weighted by Crippen LogP contribution is 2.29. The summed E-state index contributed by atoms with van der Waals surface area (Å²) in [6, 6.07) is 15.9. The van der Waals surface area contributed by atoms with Gasteiger partial charge in [-0.15, -0.1) is 0 Å². The summed E-state index contributed by atoms with van der Waals surface area (Å²) in [6.45, 7) is 7.60. The number of aliphatic hydroxyl groups excluding tert-OH is 1. The number of hydrogen-bond donors (Lipinski definition) is 1. The van der Waals surface area contributed by atoms with Crippen molar-refractivity contribution in [2.24, 2.45) is 5.92 Å². The highest BCUT2D eigenvalue weighted by atomic mass is 16.5. The molecule has 0 saturated carbocycles. The lowest BCUT2D eigenvalue weighted by Crippen LogP contribution is -2.35. The van der Waals surface area contributed by atoms with E-state index in [9.17, 15) is 5.11 Å². The van der Waals surface area contributed by atoms with Gasteiger partial charge in [-0.3, -0.25) is 9.80 Å². The van der Waals surface area contributed by atoms with Crippen LogP contribution in [0, 0.1) is 5.92 Å². The Labute approximate surface area is 181 Å². The summed E-state index contributed by atoms with van der Waals surface area (Å²) in [6.07, 6.45) is 2.06. The highest BCUT2D eigenvalue weighted by Gasteiger charge is 2.16. The number of benzene rings is 2. The van der Waals surface area contributed by atoms with Gasteiger partial charge in [0.1, 0.15) is 6.61 Å². The molecule has 30 heavy (non-hydrogen) atoms. The minimum atomic E-state index is -0.501. The minimum Gasteiger partial charge on any atom is -0.493 e. The summed E-state index contributed by atoms with van der Waals surface area (Å²) in [5.74, 6) is 2.40. The van der Waals surface area contributed by atoms with Crippen LogP contribution in [0.25, 0.3) is 0 Å². The van der Waals surface area contributed by atoms with Crippen LogP contribution >= 0.6 is 0 Å². The maximum absolute atomic E-state index is 10.4. The maximum atomic E-state index is 10.4. The molecule has 1 aliphatic heterocycles. The van der Waals surface area contributed by atoms with Crippen LogP contribution in [-0.2, 0) is 6.54 Å². The van der Waals surface area contributed by atoms with Gasteiger partial charge in [0, 0.05) is 19.6 Å². The SMILES string of the molecule is COc1cc(CN(C)C[C@@H](O)c2ccccc2)ccc1OCCN1CCC(C)CC1.